The second kappa shape index (κ2) is 11.0. The van der Waals surface area contributed by atoms with Crippen LogP contribution < -0.4 is 15.8 Å². The minimum atomic E-state index is -0.291. The highest BCUT2D eigenvalue weighted by Gasteiger charge is 2.22. The van der Waals surface area contributed by atoms with E-state index in [2.05, 4.69) is 10.4 Å². The molecule has 0 aliphatic carbocycles. The molecule has 0 fully saturated rings. The number of rotatable bonds is 4. The third kappa shape index (κ3) is 6.26. The summed E-state index contributed by atoms with van der Waals surface area (Å²) in [7, 11) is 0. The summed E-state index contributed by atoms with van der Waals surface area (Å²) in [4.78, 5) is 41.7. The molecule has 1 aliphatic rings. The monoisotopic (exact) mass is 439 g/mol. The summed E-state index contributed by atoms with van der Waals surface area (Å²) in [6, 6.07) is 11.0. The fourth-order valence-electron chi connectivity index (χ4n) is 3.87. The van der Waals surface area contributed by atoms with Crippen LogP contribution in [0.15, 0.2) is 41.2 Å². The quantitative estimate of drug-likeness (QED) is 0.787. The lowest BCUT2D eigenvalue weighted by Crippen LogP contribution is -2.42. The maximum absolute atomic E-state index is 13.0. The van der Waals surface area contributed by atoms with Gasteiger partial charge < -0.3 is 15.1 Å². The second-order valence-corrected chi connectivity index (χ2v) is 8.65. The molecule has 0 unspecified atom stereocenters. The maximum Gasteiger partial charge on any atom is 0.267 e. The molecule has 3 rings (SSSR count). The largest absolute Gasteiger partial charge is 0.340 e. The zero-order valence-corrected chi connectivity index (χ0v) is 19.2. The molecule has 0 saturated carbocycles. The predicted molar refractivity (Wildman–Crippen MR) is 124 cm³/mol. The van der Waals surface area contributed by atoms with E-state index in [1.807, 2.05) is 43.0 Å². The average molecular weight is 440 g/mol. The lowest BCUT2D eigenvalue weighted by molar-refractivity contribution is -0.132. The zero-order chi connectivity index (χ0) is 23.1. The third-order valence-electron chi connectivity index (χ3n) is 5.49. The third-order valence-corrected chi connectivity index (χ3v) is 5.49. The highest BCUT2D eigenvalue weighted by atomic mass is 16.2. The minimum Gasteiger partial charge on any atom is -0.340 e. The smallest absolute Gasteiger partial charge is 0.267 e. The van der Waals surface area contributed by atoms with Crippen molar-refractivity contribution in [1.29, 1.82) is 0 Å². The number of aryl methyl sites for hydroxylation is 1. The Morgan fingerprint density at radius 3 is 2.62 bits per heavy atom. The highest BCUT2D eigenvalue weighted by Crippen LogP contribution is 2.23. The van der Waals surface area contributed by atoms with Crippen molar-refractivity contribution in [2.45, 2.75) is 46.7 Å². The lowest BCUT2D eigenvalue weighted by atomic mass is 10.1. The van der Waals surface area contributed by atoms with Gasteiger partial charge in [0.2, 0.25) is 11.8 Å². The van der Waals surface area contributed by atoms with Crippen LogP contribution in [0.25, 0.3) is 0 Å². The Labute approximate surface area is 189 Å². The van der Waals surface area contributed by atoms with Crippen LogP contribution in [-0.4, -0.2) is 52.7 Å². The van der Waals surface area contributed by atoms with Crippen molar-refractivity contribution in [2.75, 3.05) is 31.1 Å². The zero-order valence-electron chi connectivity index (χ0n) is 19.2. The van der Waals surface area contributed by atoms with E-state index in [-0.39, 0.29) is 29.8 Å². The molecule has 0 saturated heterocycles. The molecule has 2 heterocycles. The van der Waals surface area contributed by atoms with Crippen molar-refractivity contribution in [2.24, 2.45) is 5.92 Å². The van der Waals surface area contributed by atoms with Gasteiger partial charge in [-0.25, -0.2) is 4.68 Å². The van der Waals surface area contributed by atoms with Crippen molar-refractivity contribution in [3.63, 3.8) is 0 Å². The second-order valence-electron chi connectivity index (χ2n) is 8.65. The summed E-state index contributed by atoms with van der Waals surface area (Å²) in [5, 5.41) is 7.57. The van der Waals surface area contributed by atoms with E-state index >= 15 is 0 Å². The number of carbonyl (C=O) groups excluding carboxylic acids is 2. The van der Waals surface area contributed by atoms with Crippen LogP contribution in [0.5, 0.6) is 0 Å². The van der Waals surface area contributed by atoms with Gasteiger partial charge in [-0.1, -0.05) is 32.0 Å². The molecule has 0 bridgehead atoms. The van der Waals surface area contributed by atoms with Crippen molar-refractivity contribution >= 4 is 17.5 Å². The Balaban J connectivity index is 1.76. The van der Waals surface area contributed by atoms with E-state index in [0.717, 1.165) is 11.3 Å². The number of carbonyl (C=O) groups is 2. The molecular weight excluding hydrogens is 406 g/mol. The van der Waals surface area contributed by atoms with Gasteiger partial charge in [-0.05, 0) is 37.0 Å². The normalized spacial score (nSPS) is 15.2. The van der Waals surface area contributed by atoms with E-state index < -0.39 is 0 Å². The molecule has 2 amide bonds. The van der Waals surface area contributed by atoms with Crippen LogP contribution in [0, 0.1) is 12.8 Å². The molecule has 1 aromatic carbocycles. The lowest BCUT2D eigenvalue weighted by Gasteiger charge is -2.27. The molecule has 2 aromatic rings. The summed E-state index contributed by atoms with van der Waals surface area (Å²) in [6.07, 6.45) is 1.13. The fraction of sp³-hybridized carbons (Fsp3) is 0.500. The first-order valence-electron chi connectivity index (χ1n) is 11.3. The van der Waals surface area contributed by atoms with Crippen LogP contribution in [-0.2, 0) is 22.7 Å². The van der Waals surface area contributed by atoms with E-state index in [9.17, 15) is 14.4 Å². The molecule has 0 radical (unpaired) electrons. The molecule has 8 heteroatoms. The molecule has 1 aliphatic heterocycles. The number of amides is 2. The first kappa shape index (κ1) is 23.7. The van der Waals surface area contributed by atoms with Crippen LogP contribution in [0.4, 0.5) is 5.69 Å². The number of anilines is 1. The first-order valence-corrected chi connectivity index (χ1v) is 11.3. The Hall–Kier alpha value is -3.00. The van der Waals surface area contributed by atoms with Gasteiger partial charge in [0.1, 0.15) is 6.54 Å². The number of benzene rings is 1. The first-order chi connectivity index (χ1) is 15.3. The molecule has 1 N–H and O–H groups in total. The Kier molecular flexibility index (Phi) is 8.16. The van der Waals surface area contributed by atoms with Crippen LogP contribution >= 0.6 is 0 Å². The van der Waals surface area contributed by atoms with E-state index in [1.165, 1.54) is 10.7 Å². The number of fused-ring (bicyclic) bond motifs is 1. The summed E-state index contributed by atoms with van der Waals surface area (Å²) >= 11 is 0. The van der Waals surface area contributed by atoms with Gasteiger partial charge in [0.25, 0.3) is 5.56 Å². The number of aromatic nitrogens is 2. The molecule has 8 nitrogen and oxygen atoms in total. The summed E-state index contributed by atoms with van der Waals surface area (Å²) < 4.78 is 1.21. The molecule has 172 valence electrons. The van der Waals surface area contributed by atoms with Gasteiger partial charge in [0.15, 0.2) is 0 Å². The summed E-state index contributed by atoms with van der Waals surface area (Å²) in [6.45, 7) is 8.59. The molecule has 0 atom stereocenters. The molecule has 32 heavy (non-hydrogen) atoms. The Morgan fingerprint density at radius 2 is 1.84 bits per heavy atom. The standard InChI is InChI=1S/C24H33N5O3/c1-18(2)15-23(31)28-13-6-12-27(14-11-25-16-20-7-4-5-8-21(20)28)24(32)17-29-22(30)10-9-19(3)26-29/h4-5,7-10,18,25H,6,11-17H2,1-3H3. The van der Waals surface area contributed by atoms with Crippen LogP contribution in [0.3, 0.4) is 0 Å². The summed E-state index contributed by atoms with van der Waals surface area (Å²) in [5.74, 6) is 0.216. The number of nitrogens with one attached hydrogen (secondary N) is 1. The number of hydrogen-bond donors (Lipinski definition) is 1. The topological polar surface area (TPSA) is 87.5 Å². The van der Waals surface area contributed by atoms with Gasteiger partial charge in [-0.2, -0.15) is 5.10 Å². The van der Waals surface area contributed by atoms with Gasteiger partial charge in [-0.3, -0.25) is 14.4 Å². The van der Waals surface area contributed by atoms with E-state index in [4.69, 9.17) is 0 Å². The number of nitrogens with zero attached hydrogens (tertiary/aromatic N) is 4. The van der Waals surface area contributed by atoms with Crippen molar-refractivity contribution in [3.05, 3.63) is 58.0 Å². The van der Waals surface area contributed by atoms with Gasteiger partial charge >= 0.3 is 0 Å². The van der Waals surface area contributed by atoms with E-state index in [0.29, 0.717) is 51.3 Å². The summed E-state index contributed by atoms with van der Waals surface area (Å²) in [5.41, 5.74) is 2.40. The number of hydrogen-bond acceptors (Lipinski definition) is 5. The molecule has 1 aromatic heterocycles. The SMILES string of the molecule is Cc1ccc(=O)n(CC(=O)N2CCCN(C(=O)CC(C)C)c3ccccc3CNCC2)n1. The van der Waals surface area contributed by atoms with Crippen molar-refractivity contribution < 1.29 is 9.59 Å². The van der Waals surface area contributed by atoms with Crippen LogP contribution in [0.2, 0.25) is 0 Å². The van der Waals surface area contributed by atoms with Gasteiger partial charge in [0.05, 0.1) is 5.69 Å². The number of para-hydroxylation sites is 1. The van der Waals surface area contributed by atoms with Crippen molar-refractivity contribution in [3.8, 4) is 0 Å². The predicted octanol–water partition coefficient (Wildman–Crippen LogP) is 1.95. The molecular formula is C24H33N5O3. The highest BCUT2D eigenvalue weighted by molar-refractivity contribution is 5.94. The molecule has 0 spiro atoms. The Morgan fingerprint density at radius 1 is 1.06 bits per heavy atom. The Bertz CT molecular complexity index is 1000. The minimum absolute atomic E-state index is 0.0866. The fourth-order valence-corrected chi connectivity index (χ4v) is 3.87. The van der Waals surface area contributed by atoms with Crippen molar-refractivity contribution in [1.82, 2.24) is 20.0 Å². The maximum atomic E-state index is 13.0. The average Bonchev–Trinajstić information content (AvgIpc) is 2.79. The van der Waals surface area contributed by atoms with E-state index in [1.54, 1.807) is 17.9 Å². The van der Waals surface area contributed by atoms with Crippen LogP contribution in [0.1, 0.15) is 37.9 Å². The van der Waals surface area contributed by atoms with Gasteiger partial charge in [-0.15, -0.1) is 0 Å². The van der Waals surface area contributed by atoms with Gasteiger partial charge in [0, 0.05) is 50.9 Å².